The second-order valence-corrected chi connectivity index (χ2v) is 5.57. The molecule has 0 radical (unpaired) electrons. The molecule has 21 heavy (non-hydrogen) atoms. The van der Waals surface area contributed by atoms with E-state index in [1.54, 1.807) is 11.7 Å². The molecule has 0 aliphatic rings. The van der Waals surface area contributed by atoms with Crippen LogP contribution >= 0.6 is 11.6 Å². The summed E-state index contributed by atoms with van der Waals surface area (Å²) in [4.78, 5) is 11.6. The van der Waals surface area contributed by atoms with Crippen LogP contribution in [0.25, 0.3) is 0 Å². The fourth-order valence-corrected chi connectivity index (χ4v) is 2.75. The van der Waals surface area contributed by atoms with Gasteiger partial charge in [-0.05, 0) is 18.9 Å². The van der Waals surface area contributed by atoms with Crippen LogP contribution in [0.2, 0.25) is 5.02 Å². The molecule has 1 N–H and O–H groups in total. The highest BCUT2D eigenvalue weighted by Crippen LogP contribution is 2.28. The first-order chi connectivity index (χ1) is 9.93. The lowest BCUT2D eigenvalue weighted by atomic mass is 9.93. The maximum atomic E-state index is 11.6. The van der Waals surface area contributed by atoms with Crippen molar-refractivity contribution in [2.24, 2.45) is 7.05 Å². The number of aromatic nitrogens is 2. The molecule has 2 aromatic rings. The summed E-state index contributed by atoms with van der Waals surface area (Å²) in [5.41, 5.74) is 3.46. The minimum atomic E-state index is -0.853. The predicted octanol–water partition coefficient (Wildman–Crippen LogP) is 3.36. The number of carboxylic acids is 1. The van der Waals surface area contributed by atoms with Crippen LogP contribution in [0.3, 0.4) is 0 Å². The Morgan fingerprint density at radius 2 is 2.00 bits per heavy atom. The predicted molar refractivity (Wildman–Crippen MR) is 82.9 cm³/mol. The van der Waals surface area contributed by atoms with Crippen molar-refractivity contribution >= 4 is 17.6 Å². The molecule has 0 spiro atoms. The van der Waals surface area contributed by atoms with Crippen LogP contribution < -0.4 is 0 Å². The Hall–Kier alpha value is -1.81. The van der Waals surface area contributed by atoms with Crippen molar-refractivity contribution in [3.8, 4) is 0 Å². The first kappa shape index (κ1) is 15.6. The summed E-state index contributed by atoms with van der Waals surface area (Å²) >= 11 is 6.31. The van der Waals surface area contributed by atoms with Gasteiger partial charge in [-0.1, -0.05) is 48.4 Å². The highest BCUT2D eigenvalue weighted by molar-refractivity contribution is 6.31. The molecule has 1 atom stereocenters. The van der Waals surface area contributed by atoms with Crippen molar-refractivity contribution in [2.75, 3.05) is 0 Å². The van der Waals surface area contributed by atoms with Crippen LogP contribution in [0, 0.1) is 6.92 Å². The van der Waals surface area contributed by atoms with E-state index in [1.165, 1.54) is 0 Å². The number of rotatable bonds is 5. The van der Waals surface area contributed by atoms with Crippen molar-refractivity contribution in [1.29, 1.82) is 0 Å². The van der Waals surface area contributed by atoms with E-state index in [2.05, 4.69) is 5.10 Å². The van der Waals surface area contributed by atoms with Crippen LogP contribution in [0.15, 0.2) is 24.3 Å². The van der Waals surface area contributed by atoms with E-state index < -0.39 is 11.9 Å². The Morgan fingerprint density at radius 3 is 2.48 bits per heavy atom. The van der Waals surface area contributed by atoms with E-state index in [-0.39, 0.29) is 0 Å². The topological polar surface area (TPSA) is 55.1 Å². The summed E-state index contributed by atoms with van der Waals surface area (Å²) in [6.45, 7) is 3.96. The smallest absolute Gasteiger partial charge is 0.311 e. The standard InChI is InChI=1S/C16H19ClN2O2/c1-4-13-15(17)14(19(3)18-13)9-12(16(20)21)11-7-5-10(2)6-8-11/h5-8,12H,4,9H2,1-3H3,(H,20,21). The monoisotopic (exact) mass is 306 g/mol. The van der Waals surface area contributed by atoms with Gasteiger partial charge in [0, 0.05) is 13.5 Å². The minimum absolute atomic E-state index is 0.334. The number of hydrogen-bond donors (Lipinski definition) is 1. The third-order valence-corrected chi connectivity index (χ3v) is 4.11. The van der Waals surface area contributed by atoms with Crippen LogP contribution in [0.5, 0.6) is 0 Å². The summed E-state index contributed by atoms with van der Waals surface area (Å²) in [7, 11) is 1.80. The fraction of sp³-hybridized carbons (Fsp3) is 0.375. The second kappa shape index (κ2) is 6.31. The number of aliphatic carboxylic acids is 1. The maximum absolute atomic E-state index is 11.6. The molecule has 0 amide bonds. The van der Waals surface area contributed by atoms with Crippen LogP contribution in [-0.4, -0.2) is 20.9 Å². The zero-order valence-electron chi connectivity index (χ0n) is 12.4. The Kier molecular flexibility index (Phi) is 4.68. The molecular weight excluding hydrogens is 288 g/mol. The van der Waals surface area contributed by atoms with Gasteiger partial charge < -0.3 is 5.11 Å². The van der Waals surface area contributed by atoms with Gasteiger partial charge in [-0.15, -0.1) is 0 Å². The average molecular weight is 307 g/mol. The molecule has 1 aromatic carbocycles. The normalized spacial score (nSPS) is 12.4. The van der Waals surface area contributed by atoms with E-state index in [9.17, 15) is 9.90 Å². The molecule has 0 saturated heterocycles. The van der Waals surface area contributed by atoms with Crippen LogP contribution in [-0.2, 0) is 24.7 Å². The Bertz CT molecular complexity index is 647. The molecule has 4 nitrogen and oxygen atoms in total. The summed E-state index contributed by atoms with van der Waals surface area (Å²) in [6.07, 6.45) is 1.07. The SMILES string of the molecule is CCc1nn(C)c(CC(C(=O)O)c2ccc(C)cc2)c1Cl. The van der Waals surface area contributed by atoms with Gasteiger partial charge in [-0.3, -0.25) is 9.48 Å². The van der Waals surface area contributed by atoms with Gasteiger partial charge in [0.05, 0.1) is 22.3 Å². The molecule has 0 fully saturated rings. The molecule has 0 aliphatic carbocycles. The van der Waals surface area contributed by atoms with Crippen LogP contribution in [0.4, 0.5) is 0 Å². The molecule has 1 aromatic heterocycles. The number of aryl methyl sites for hydroxylation is 3. The van der Waals surface area contributed by atoms with Crippen LogP contribution in [0.1, 0.15) is 35.4 Å². The van der Waals surface area contributed by atoms with Gasteiger partial charge in [-0.2, -0.15) is 5.10 Å². The molecule has 1 unspecified atom stereocenters. The largest absolute Gasteiger partial charge is 0.481 e. The van der Waals surface area contributed by atoms with Gasteiger partial charge in [0.1, 0.15) is 0 Å². The first-order valence-electron chi connectivity index (χ1n) is 6.93. The molecule has 112 valence electrons. The van der Waals surface area contributed by atoms with Gasteiger partial charge in [0.25, 0.3) is 0 Å². The summed E-state index contributed by atoms with van der Waals surface area (Å²) in [5, 5.41) is 14.5. The minimum Gasteiger partial charge on any atom is -0.481 e. The number of carbonyl (C=O) groups is 1. The number of hydrogen-bond acceptors (Lipinski definition) is 2. The molecule has 1 heterocycles. The van der Waals surface area contributed by atoms with Crippen molar-refractivity contribution in [1.82, 2.24) is 9.78 Å². The van der Waals surface area contributed by atoms with Crippen molar-refractivity contribution in [3.05, 3.63) is 51.8 Å². The quantitative estimate of drug-likeness (QED) is 0.921. The summed E-state index contributed by atoms with van der Waals surface area (Å²) in [5.74, 6) is -1.47. The number of benzene rings is 1. The lowest BCUT2D eigenvalue weighted by Crippen LogP contribution is -2.16. The summed E-state index contributed by atoms with van der Waals surface area (Å²) in [6, 6.07) is 7.57. The molecule has 0 aliphatic heterocycles. The first-order valence-corrected chi connectivity index (χ1v) is 7.31. The number of nitrogens with zero attached hydrogens (tertiary/aromatic N) is 2. The van der Waals surface area contributed by atoms with E-state index >= 15 is 0 Å². The van der Waals surface area contributed by atoms with Gasteiger partial charge in [0.2, 0.25) is 0 Å². The average Bonchev–Trinajstić information content (AvgIpc) is 2.72. The van der Waals surface area contributed by atoms with Gasteiger partial charge >= 0.3 is 5.97 Å². The zero-order chi connectivity index (χ0) is 15.6. The number of carboxylic acid groups (broad SMARTS) is 1. The second-order valence-electron chi connectivity index (χ2n) is 5.19. The Morgan fingerprint density at radius 1 is 1.38 bits per heavy atom. The van der Waals surface area contributed by atoms with Crippen molar-refractivity contribution < 1.29 is 9.90 Å². The molecule has 0 bridgehead atoms. The lowest BCUT2D eigenvalue weighted by molar-refractivity contribution is -0.138. The maximum Gasteiger partial charge on any atom is 0.311 e. The highest BCUT2D eigenvalue weighted by atomic mass is 35.5. The Balaban J connectivity index is 2.35. The molecular formula is C16H19ClN2O2. The van der Waals surface area contributed by atoms with E-state index in [4.69, 9.17) is 11.6 Å². The number of halogens is 1. The highest BCUT2D eigenvalue weighted by Gasteiger charge is 2.24. The molecule has 0 saturated carbocycles. The van der Waals surface area contributed by atoms with E-state index in [0.717, 1.165) is 28.9 Å². The van der Waals surface area contributed by atoms with E-state index in [0.29, 0.717) is 11.4 Å². The van der Waals surface area contributed by atoms with Gasteiger partial charge in [-0.25, -0.2) is 0 Å². The Labute approximate surface area is 129 Å². The third-order valence-electron chi connectivity index (χ3n) is 3.68. The molecule has 2 rings (SSSR count). The lowest BCUT2D eigenvalue weighted by Gasteiger charge is -2.13. The molecule has 5 heteroatoms. The van der Waals surface area contributed by atoms with Crippen molar-refractivity contribution in [3.63, 3.8) is 0 Å². The zero-order valence-corrected chi connectivity index (χ0v) is 13.2. The van der Waals surface area contributed by atoms with Crippen molar-refractivity contribution in [2.45, 2.75) is 32.6 Å². The van der Waals surface area contributed by atoms with E-state index in [1.807, 2.05) is 38.1 Å². The van der Waals surface area contributed by atoms with Gasteiger partial charge in [0.15, 0.2) is 0 Å². The third kappa shape index (κ3) is 3.27. The summed E-state index contributed by atoms with van der Waals surface area (Å²) < 4.78 is 1.69. The fourth-order valence-electron chi connectivity index (χ4n) is 2.38.